The number of aromatic nitrogens is 2. The highest BCUT2D eigenvalue weighted by Gasteiger charge is 2.35. The van der Waals surface area contributed by atoms with E-state index in [0.29, 0.717) is 17.8 Å². The summed E-state index contributed by atoms with van der Waals surface area (Å²) in [5, 5.41) is 4.24. The van der Waals surface area contributed by atoms with Gasteiger partial charge < -0.3 is 0 Å². The van der Waals surface area contributed by atoms with Crippen LogP contribution in [0.4, 0.5) is 5.69 Å². The number of ketones is 1. The van der Waals surface area contributed by atoms with E-state index in [0.717, 1.165) is 11.3 Å². The van der Waals surface area contributed by atoms with Gasteiger partial charge in [-0.3, -0.25) is 19.2 Å². The molecule has 1 aromatic carbocycles. The lowest BCUT2D eigenvalue weighted by atomic mass is 10.1. The number of aryl methyl sites for hydroxylation is 2. The molecule has 0 unspecified atom stereocenters. The quantitative estimate of drug-likeness (QED) is 0.763. The van der Waals surface area contributed by atoms with Crippen molar-refractivity contribution >= 4 is 17.4 Å². The molecule has 0 fully saturated rings. The molecule has 1 amide bonds. The van der Waals surface area contributed by atoms with Gasteiger partial charge in [-0.2, -0.15) is 5.10 Å². The van der Waals surface area contributed by atoms with E-state index in [1.165, 1.54) is 4.90 Å². The summed E-state index contributed by atoms with van der Waals surface area (Å²) >= 11 is 0. The van der Waals surface area contributed by atoms with Crippen LogP contribution in [0.15, 0.2) is 30.5 Å². The van der Waals surface area contributed by atoms with Crippen molar-refractivity contribution in [2.24, 2.45) is 7.05 Å². The highest BCUT2D eigenvalue weighted by molar-refractivity contribution is 6.52. The number of benzene rings is 1. The number of rotatable bonds is 2. The first kappa shape index (κ1) is 11.6. The molecule has 0 radical (unpaired) electrons. The van der Waals surface area contributed by atoms with Crippen molar-refractivity contribution in [2.75, 3.05) is 4.90 Å². The molecule has 96 valence electrons. The molecule has 3 rings (SSSR count). The summed E-state index contributed by atoms with van der Waals surface area (Å²) in [5.41, 5.74) is 2.89. The Labute approximate surface area is 110 Å². The molecule has 1 aliphatic rings. The van der Waals surface area contributed by atoms with E-state index in [9.17, 15) is 9.59 Å². The van der Waals surface area contributed by atoms with E-state index in [-0.39, 0.29) is 0 Å². The van der Waals surface area contributed by atoms with Crippen LogP contribution in [0, 0.1) is 6.92 Å². The molecule has 0 saturated carbocycles. The predicted molar refractivity (Wildman–Crippen MR) is 69.9 cm³/mol. The van der Waals surface area contributed by atoms with E-state index in [1.807, 2.05) is 38.4 Å². The van der Waals surface area contributed by atoms with Crippen LogP contribution >= 0.6 is 0 Å². The summed E-state index contributed by atoms with van der Waals surface area (Å²) in [6.45, 7) is 2.22. The van der Waals surface area contributed by atoms with Gasteiger partial charge in [0.1, 0.15) is 0 Å². The number of anilines is 1. The molecular weight excluding hydrogens is 242 g/mol. The van der Waals surface area contributed by atoms with Crippen molar-refractivity contribution < 1.29 is 9.59 Å². The summed E-state index contributed by atoms with van der Waals surface area (Å²) in [7, 11) is 1.82. The first-order valence-electron chi connectivity index (χ1n) is 6.01. The Hall–Kier alpha value is -2.43. The normalized spacial score (nSPS) is 14.1. The third-order valence-electron chi connectivity index (χ3n) is 3.22. The molecule has 0 atom stereocenters. The Kier molecular flexibility index (Phi) is 2.48. The minimum absolute atomic E-state index is 0.321. The van der Waals surface area contributed by atoms with Crippen LogP contribution in [0.2, 0.25) is 0 Å². The summed E-state index contributed by atoms with van der Waals surface area (Å²) in [5.74, 6) is -0.916. The minimum atomic E-state index is -0.480. The first-order valence-corrected chi connectivity index (χ1v) is 6.01. The molecule has 5 heteroatoms. The number of fused-ring (bicyclic) bond motifs is 1. The number of carbonyl (C=O) groups excluding carboxylic acids is 2. The second kappa shape index (κ2) is 4.05. The van der Waals surface area contributed by atoms with Gasteiger partial charge in [0.2, 0.25) is 0 Å². The van der Waals surface area contributed by atoms with Crippen molar-refractivity contribution in [2.45, 2.75) is 13.5 Å². The van der Waals surface area contributed by atoms with Crippen LogP contribution in [0.3, 0.4) is 0 Å². The van der Waals surface area contributed by atoms with Gasteiger partial charge in [-0.15, -0.1) is 0 Å². The summed E-state index contributed by atoms with van der Waals surface area (Å²) in [4.78, 5) is 25.4. The van der Waals surface area contributed by atoms with Crippen molar-refractivity contribution in [3.63, 3.8) is 0 Å². The van der Waals surface area contributed by atoms with Crippen LogP contribution < -0.4 is 4.90 Å². The third kappa shape index (κ3) is 1.83. The fourth-order valence-electron chi connectivity index (χ4n) is 2.28. The van der Waals surface area contributed by atoms with Crippen molar-refractivity contribution in [3.05, 3.63) is 47.3 Å². The first-order chi connectivity index (χ1) is 9.06. The molecule has 0 saturated heterocycles. The molecule has 0 bridgehead atoms. The van der Waals surface area contributed by atoms with Gasteiger partial charge >= 0.3 is 0 Å². The van der Waals surface area contributed by atoms with Gasteiger partial charge in [0.05, 0.1) is 23.5 Å². The number of Topliss-reactive ketones (excluding diaryl/α,β-unsaturated/α-hetero) is 1. The van der Waals surface area contributed by atoms with Crippen LogP contribution in [0.5, 0.6) is 0 Å². The van der Waals surface area contributed by atoms with Crippen molar-refractivity contribution in [1.82, 2.24) is 9.78 Å². The number of hydrogen-bond acceptors (Lipinski definition) is 3. The van der Waals surface area contributed by atoms with E-state index in [1.54, 1.807) is 10.7 Å². The lowest BCUT2D eigenvalue weighted by Crippen LogP contribution is -2.29. The molecule has 2 heterocycles. The Bertz CT molecular complexity index is 688. The molecule has 19 heavy (non-hydrogen) atoms. The molecule has 1 aliphatic heterocycles. The topological polar surface area (TPSA) is 55.2 Å². The fourth-order valence-corrected chi connectivity index (χ4v) is 2.28. The molecule has 5 nitrogen and oxygen atoms in total. The largest absolute Gasteiger partial charge is 0.299 e. The summed E-state index contributed by atoms with van der Waals surface area (Å²) in [6.07, 6.45) is 1.81. The minimum Gasteiger partial charge on any atom is -0.299 e. The van der Waals surface area contributed by atoms with E-state index in [2.05, 4.69) is 5.10 Å². The van der Waals surface area contributed by atoms with Gasteiger partial charge in [0.15, 0.2) is 0 Å². The molecule has 2 aromatic rings. The lowest BCUT2D eigenvalue weighted by Gasteiger charge is -2.14. The zero-order chi connectivity index (χ0) is 13.6. The number of amides is 1. The van der Waals surface area contributed by atoms with Crippen molar-refractivity contribution in [1.29, 1.82) is 0 Å². The van der Waals surface area contributed by atoms with Gasteiger partial charge in [-0.25, -0.2) is 0 Å². The maximum absolute atomic E-state index is 12.0. The molecule has 0 spiro atoms. The van der Waals surface area contributed by atoms with Crippen LogP contribution in [-0.4, -0.2) is 21.5 Å². The second-order valence-corrected chi connectivity index (χ2v) is 4.72. The van der Waals surface area contributed by atoms with E-state index in [4.69, 9.17) is 0 Å². The summed E-state index contributed by atoms with van der Waals surface area (Å²) < 4.78 is 1.67. The average Bonchev–Trinajstić information content (AvgIpc) is 2.88. The Morgan fingerprint density at radius 2 is 2.00 bits per heavy atom. The SMILES string of the molecule is Cc1ccc2c(c1)C(=O)C(=O)N2Cc1ccn(C)n1. The van der Waals surface area contributed by atoms with Crippen LogP contribution in [0.25, 0.3) is 0 Å². The summed E-state index contributed by atoms with van der Waals surface area (Å²) in [6, 6.07) is 7.31. The van der Waals surface area contributed by atoms with E-state index < -0.39 is 11.7 Å². The fraction of sp³-hybridized carbons (Fsp3) is 0.214. The van der Waals surface area contributed by atoms with Gasteiger partial charge in [-0.1, -0.05) is 11.6 Å². The standard InChI is InChI=1S/C14H13N3O2/c1-9-3-4-12-11(7-9)13(18)14(19)17(12)8-10-5-6-16(2)15-10/h3-7H,8H2,1-2H3. The predicted octanol–water partition coefficient (Wildman–Crippen LogP) is 1.46. The van der Waals surface area contributed by atoms with Gasteiger partial charge in [0.25, 0.3) is 11.7 Å². The molecular formula is C14H13N3O2. The Morgan fingerprint density at radius 1 is 1.21 bits per heavy atom. The third-order valence-corrected chi connectivity index (χ3v) is 3.22. The van der Waals surface area contributed by atoms with Crippen molar-refractivity contribution in [3.8, 4) is 0 Å². The van der Waals surface area contributed by atoms with Crippen LogP contribution in [0.1, 0.15) is 21.6 Å². The average molecular weight is 255 g/mol. The number of nitrogens with zero attached hydrogens (tertiary/aromatic N) is 3. The highest BCUT2D eigenvalue weighted by Crippen LogP contribution is 2.30. The molecule has 0 N–H and O–H groups in total. The lowest BCUT2D eigenvalue weighted by molar-refractivity contribution is -0.114. The zero-order valence-corrected chi connectivity index (χ0v) is 10.8. The molecule has 0 aliphatic carbocycles. The molecule has 1 aromatic heterocycles. The number of hydrogen-bond donors (Lipinski definition) is 0. The maximum atomic E-state index is 12.0. The monoisotopic (exact) mass is 255 g/mol. The maximum Gasteiger partial charge on any atom is 0.299 e. The number of carbonyl (C=O) groups is 2. The smallest absolute Gasteiger partial charge is 0.299 e. The van der Waals surface area contributed by atoms with E-state index >= 15 is 0 Å². The Balaban J connectivity index is 1.99. The Morgan fingerprint density at radius 3 is 2.68 bits per heavy atom. The van der Waals surface area contributed by atoms with Gasteiger partial charge in [0, 0.05) is 13.2 Å². The van der Waals surface area contributed by atoms with Gasteiger partial charge in [-0.05, 0) is 25.1 Å². The highest BCUT2D eigenvalue weighted by atomic mass is 16.2. The zero-order valence-electron chi connectivity index (χ0n) is 10.8. The van der Waals surface area contributed by atoms with Crippen LogP contribution in [-0.2, 0) is 18.4 Å². The second-order valence-electron chi connectivity index (χ2n) is 4.72.